The highest BCUT2D eigenvalue weighted by atomic mass is 15.2. The van der Waals surface area contributed by atoms with Crippen LogP contribution in [0.3, 0.4) is 0 Å². The Morgan fingerprint density at radius 3 is 2.88 bits per heavy atom. The van der Waals surface area contributed by atoms with Gasteiger partial charge in [-0.2, -0.15) is 0 Å². The molecule has 5 nitrogen and oxygen atoms in total. The van der Waals surface area contributed by atoms with Gasteiger partial charge in [0.2, 0.25) is 0 Å². The van der Waals surface area contributed by atoms with Gasteiger partial charge in [0.25, 0.3) is 0 Å². The molecule has 128 valence electrons. The molecule has 0 saturated heterocycles. The third-order valence-corrected chi connectivity index (χ3v) is 4.67. The highest BCUT2D eigenvalue weighted by Gasteiger charge is 2.23. The molecule has 1 aromatic carbocycles. The first-order chi connectivity index (χ1) is 12.2. The van der Waals surface area contributed by atoms with E-state index in [9.17, 15) is 0 Å². The van der Waals surface area contributed by atoms with Gasteiger partial charge in [0, 0.05) is 24.0 Å². The SMILES string of the molecule is CC(C)CCN1Cc2ncnc(Nc3cnc4ccccc4c3)c2C1. The van der Waals surface area contributed by atoms with Gasteiger partial charge in [-0.3, -0.25) is 9.88 Å². The van der Waals surface area contributed by atoms with E-state index >= 15 is 0 Å². The largest absolute Gasteiger partial charge is 0.339 e. The highest BCUT2D eigenvalue weighted by Crippen LogP contribution is 2.29. The standard InChI is InChI=1S/C20H23N5/c1-14(2)7-8-25-11-17-19(12-25)22-13-23-20(17)24-16-9-15-5-3-4-6-18(15)21-10-16/h3-6,9-10,13-14H,7-8,11-12H2,1-2H3,(H,22,23,24). The van der Waals surface area contributed by atoms with E-state index in [2.05, 4.69) is 51.1 Å². The number of benzene rings is 1. The smallest absolute Gasteiger partial charge is 0.138 e. The van der Waals surface area contributed by atoms with Crippen LogP contribution in [0.5, 0.6) is 0 Å². The molecule has 2 aromatic heterocycles. The van der Waals surface area contributed by atoms with Crippen molar-refractivity contribution in [1.82, 2.24) is 19.9 Å². The summed E-state index contributed by atoms with van der Waals surface area (Å²) in [6, 6.07) is 10.2. The van der Waals surface area contributed by atoms with Crippen LogP contribution in [0, 0.1) is 5.92 Å². The lowest BCUT2D eigenvalue weighted by molar-refractivity contribution is 0.264. The van der Waals surface area contributed by atoms with Crippen molar-refractivity contribution in [2.24, 2.45) is 5.92 Å². The molecule has 5 heteroatoms. The second-order valence-electron chi connectivity index (χ2n) is 7.08. The molecular formula is C20H23N5. The molecule has 1 N–H and O–H groups in total. The van der Waals surface area contributed by atoms with Gasteiger partial charge in [0.15, 0.2) is 0 Å². The molecule has 0 radical (unpaired) electrons. The van der Waals surface area contributed by atoms with Crippen molar-refractivity contribution in [3.05, 3.63) is 54.1 Å². The van der Waals surface area contributed by atoms with E-state index in [0.29, 0.717) is 0 Å². The molecule has 3 aromatic rings. The molecule has 0 unspecified atom stereocenters. The Labute approximate surface area is 148 Å². The normalized spacial score (nSPS) is 14.2. The van der Waals surface area contributed by atoms with Crippen molar-refractivity contribution in [3.8, 4) is 0 Å². The van der Waals surface area contributed by atoms with E-state index < -0.39 is 0 Å². The summed E-state index contributed by atoms with van der Waals surface area (Å²) in [5.74, 6) is 1.62. The molecule has 25 heavy (non-hydrogen) atoms. The Hall–Kier alpha value is -2.53. The van der Waals surface area contributed by atoms with Crippen LogP contribution >= 0.6 is 0 Å². The van der Waals surface area contributed by atoms with Crippen LogP contribution in [0.1, 0.15) is 31.5 Å². The second kappa shape index (κ2) is 6.76. The van der Waals surface area contributed by atoms with Crippen molar-refractivity contribution in [1.29, 1.82) is 0 Å². The number of aromatic nitrogens is 3. The van der Waals surface area contributed by atoms with E-state index in [0.717, 1.165) is 53.7 Å². The van der Waals surface area contributed by atoms with Crippen LogP contribution in [-0.2, 0) is 13.1 Å². The van der Waals surface area contributed by atoms with Gasteiger partial charge in [-0.1, -0.05) is 32.0 Å². The Morgan fingerprint density at radius 2 is 2.00 bits per heavy atom. The van der Waals surface area contributed by atoms with Crippen LogP contribution in [0.4, 0.5) is 11.5 Å². The maximum absolute atomic E-state index is 4.52. The molecule has 4 rings (SSSR count). The zero-order valence-corrected chi connectivity index (χ0v) is 14.7. The minimum absolute atomic E-state index is 0.719. The topological polar surface area (TPSA) is 53.9 Å². The number of pyridine rings is 1. The fraction of sp³-hybridized carbons (Fsp3) is 0.350. The van der Waals surface area contributed by atoms with Gasteiger partial charge in [0.1, 0.15) is 12.1 Å². The maximum atomic E-state index is 4.52. The van der Waals surface area contributed by atoms with Gasteiger partial charge in [-0.25, -0.2) is 9.97 Å². The first kappa shape index (κ1) is 16.0. The quantitative estimate of drug-likeness (QED) is 0.761. The monoisotopic (exact) mass is 333 g/mol. The van der Waals surface area contributed by atoms with E-state index in [-0.39, 0.29) is 0 Å². The first-order valence-electron chi connectivity index (χ1n) is 8.86. The molecule has 3 heterocycles. The highest BCUT2D eigenvalue weighted by molar-refractivity contribution is 5.82. The number of hydrogen-bond donors (Lipinski definition) is 1. The van der Waals surface area contributed by atoms with E-state index in [1.807, 2.05) is 24.4 Å². The molecule has 0 spiro atoms. The molecule has 1 aliphatic heterocycles. The fourth-order valence-corrected chi connectivity index (χ4v) is 3.23. The summed E-state index contributed by atoms with van der Waals surface area (Å²) in [6.07, 6.45) is 4.72. The lowest BCUT2D eigenvalue weighted by Crippen LogP contribution is -2.19. The second-order valence-corrected chi connectivity index (χ2v) is 7.08. The minimum atomic E-state index is 0.719. The number of anilines is 2. The number of nitrogens with zero attached hydrogens (tertiary/aromatic N) is 4. The predicted octanol–water partition coefficient (Wildman–Crippen LogP) is 4.13. The third kappa shape index (κ3) is 3.46. The van der Waals surface area contributed by atoms with Crippen LogP contribution in [0.25, 0.3) is 10.9 Å². The molecule has 0 bridgehead atoms. The van der Waals surface area contributed by atoms with Crippen molar-refractivity contribution in [2.45, 2.75) is 33.4 Å². The number of hydrogen-bond acceptors (Lipinski definition) is 5. The van der Waals surface area contributed by atoms with Crippen LogP contribution in [-0.4, -0.2) is 26.4 Å². The van der Waals surface area contributed by atoms with Crippen LogP contribution < -0.4 is 5.32 Å². The third-order valence-electron chi connectivity index (χ3n) is 4.67. The van der Waals surface area contributed by atoms with Gasteiger partial charge < -0.3 is 5.32 Å². The zero-order chi connectivity index (χ0) is 17.2. The Balaban J connectivity index is 1.55. The summed E-state index contributed by atoms with van der Waals surface area (Å²) in [5, 5.41) is 4.56. The zero-order valence-electron chi connectivity index (χ0n) is 14.7. The summed E-state index contributed by atoms with van der Waals surface area (Å²) in [5.41, 5.74) is 4.30. The summed E-state index contributed by atoms with van der Waals surface area (Å²) in [4.78, 5) is 15.9. The lowest BCUT2D eigenvalue weighted by atomic mass is 10.1. The summed E-state index contributed by atoms with van der Waals surface area (Å²) < 4.78 is 0. The van der Waals surface area contributed by atoms with E-state index in [1.165, 1.54) is 12.0 Å². The summed E-state index contributed by atoms with van der Waals surface area (Å²) >= 11 is 0. The summed E-state index contributed by atoms with van der Waals surface area (Å²) in [6.45, 7) is 7.46. The lowest BCUT2D eigenvalue weighted by Gasteiger charge is -2.15. The van der Waals surface area contributed by atoms with Crippen molar-refractivity contribution < 1.29 is 0 Å². The maximum Gasteiger partial charge on any atom is 0.138 e. The number of para-hydroxylation sites is 1. The molecule has 0 aliphatic carbocycles. The molecule has 0 saturated carbocycles. The number of nitrogens with one attached hydrogen (secondary N) is 1. The van der Waals surface area contributed by atoms with Gasteiger partial charge in [0.05, 0.1) is 23.1 Å². The predicted molar refractivity (Wildman–Crippen MR) is 101 cm³/mol. The van der Waals surface area contributed by atoms with Gasteiger partial charge in [-0.05, 0) is 31.0 Å². The molecular weight excluding hydrogens is 310 g/mol. The van der Waals surface area contributed by atoms with Crippen molar-refractivity contribution in [3.63, 3.8) is 0 Å². The number of fused-ring (bicyclic) bond motifs is 2. The first-order valence-corrected chi connectivity index (χ1v) is 8.86. The van der Waals surface area contributed by atoms with Crippen LogP contribution in [0.2, 0.25) is 0 Å². The Morgan fingerprint density at radius 1 is 1.12 bits per heavy atom. The fourth-order valence-electron chi connectivity index (χ4n) is 3.23. The minimum Gasteiger partial charge on any atom is -0.339 e. The molecule has 1 aliphatic rings. The van der Waals surface area contributed by atoms with Gasteiger partial charge in [-0.15, -0.1) is 0 Å². The summed E-state index contributed by atoms with van der Waals surface area (Å²) in [7, 11) is 0. The van der Waals surface area contributed by atoms with E-state index in [4.69, 9.17) is 0 Å². The molecule has 0 fully saturated rings. The molecule has 0 atom stereocenters. The Kier molecular flexibility index (Phi) is 4.32. The van der Waals surface area contributed by atoms with Crippen molar-refractivity contribution >= 4 is 22.4 Å². The van der Waals surface area contributed by atoms with E-state index in [1.54, 1.807) is 6.33 Å². The van der Waals surface area contributed by atoms with Gasteiger partial charge >= 0.3 is 0 Å². The van der Waals surface area contributed by atoms with Crippen LogP contribution in [0.15, 0.2) is 42.9 Å². The average Bonchev–Trinajstić information content (AvgIpc) is 3.04. The van der Waals surface area contributed by atoms with Crippen molar-refractivity contribution in [2.75, 3.05) is 11.9 Å². The average molecular weight is 333 g/mol. The Bertz CT molecular complexity index is 890. The molecule has 0 amide bonds. The number of rotatable bonds is 5.